The SMILES string of the molecule is CCCCCCCOCCOCCOCCOCCOCCOCCOCCOCCOCCOCC(C)CC. The van der Waals surface area contributed by atoms with Crippen molar-refractivity contribution in [2.75, 3.05) is 132 Å². The second-order valence-corrected chi connectivity index (χ2v) is 9.51. The Morgan fingerprint density at radius 2 is 0.600 bits per heavy atom. The summed E-state index contributed by atoms with van der Waals surface area (Å²) in [5.74, 6) is 0.603. The maximum absolute atomic E-state index is 5.56. The topological polar surface area (TPSA) is 92.3 Å². The maximum Gasteiger partial charge on any atom is 0.0701 e. The predicted molar refractivity (Wildman–Crippen MR) is 156 cm³/mol. The summed E-state index contributed by atoms with van der Waals surface area (Å²) < 4.78 is 54.9. The average Bonchev–Trinajstić information content (AvgIpc) is 2.97. The number of unbranched alkanes of at least 4 members (excludes halogenated alkanes) is 4. The highest BCUT2D eigenvalue weighted by Gasteiger charge is 1.99. The van der Waals surface area contributed by atoms with Gasteiger partial charge in [-0.1, -0.05) is 52.9 Å². The van der Waals surface area contributed by atoms with Gasteiger partial charge in [-0.15, -0.1) is 0 Å². The smallest absolute Gasteiger partial charge is 0.0701 e. The Morgan fingerprint density at radius 1 is 0.325 bits per heavy atom. The molecule has 10 nitrogen and oxygen atoms in total. The van der Waals surface area contributed by atoms with E-state index in [-0.39, 0.29) is 0 Å². The number of rotatable bonds is 36. The van der Waals surface area contributed by atoms with Gasteiger partial charge in [0, 0.05) is 13.2 Å². The first-order valence-electron chi connectivity index (χ1n) is 15.6. The average molecular weight is 583 g/mol. The Balaban J connectivity index is 3.03. The Labute approximate surface area is 244 Å². The molecule has 0 aromatic heterocycles. The largest absolute Gasteiger partial charge is 0.379 e. The molecule has 0 fully saturated rings. The molecule has 0 amide bonds. The van der Waals surface area contributed by atoms with Crippen LogP contribution in [0.3, 0.4) is 0 Å². The molecular weight excluding hydrogens is 520 g/mol. The molecule has 0 aliphatic rings. The summed E-state index contributed by atoms with van der Waals surface area (Å²) >= 11 is 0. The number of hydrogen-bond donors (Lipinski definition) is 0. The molecule has 10 heteroatoms. The lowest BCUT2D eigenvalue weighted by Crippen LogP contribution is -2.15. The lowest BCUT2D eigenvalue weighted by atomic mass is 10.1. The molecule has 0 bridgehead atoms. The molecule has 0 spiro atoms. The van der Waals surface area contributed by atoms with Crippen LogP contribution in [0.5, 0.6) is 0 Å². The molecule has 1 atom stereocenters. The van der Waals surface area contributed by atoms with Gasteiger partial charge >= 0.3 is 0 Å². The highest BCUT2D eigenvalue weighted by molar-refractivity contribution is 4.46. The second-order valence-electron chi connectivity index (χ2n) is 9.51. The summed E-state index contributed by atoms with van der Waals surface area (Å²) in [6, 6.07) is 0. The van der Waals surface area contributed by atoms with Crippen molar-refractivity contribution >= 4 is 0 Å². The van der Waals surface area contributed by atoms with Crippen molar-refractivity contribution in [3.05, 3.63) is 0 Å². The summed E-state index contributed by atoms with van der Waals surface area (Å²) in [5, 5.41) is 0. The van der Waals surface area contributed by atoms with Crippen molar-refractivity contribution in [1.82, 2.24) is 0 Å². The van der Waals surface area contributed by atoms with Crippen LogP contribution in [-0.2, 0) is 47.4 Å². The van der Waals surface area contributed by atoms with E-state index in [0.29, 0.717) is 125 Å². The fraction of sp³-hybridized carbons (Fsp3) is 1.00. The van der Waals surface area contributed by atoms with E-state index in [4.69, 9.17) is 47.4 Å². The molecular formula is C30H62O10. The molecule has 0 saturated heterocycles. The van der Waals surface area contributed by atoms with Gasteiger partial charge in [-0.05, 0) is 12.3 Å². The quantitative estimate of drug-likeness (QED) is 0.100. The zero-order valence-electron chi connectivity index (χ0n) is 26.0. The first-order chi connectivity index (χ1) is 19.8. The Kier molecular flexibility index (Phi) is 36.3. The zero-order chi connectivity index (χ0) is 29.0. The lowest BCUT2D eigenvalue weighted by molar-refractivity contribution is -0.0268. The van der Waals surface area contributed by atoms with Crippen LogP contribution in [0.2, 0.25) is 0 Å². The Bertz CT molecular complexity index is 445. The van der Waals surface area contributed by atoms with Crippen LogP contribution in [0.4, 0.5) is 0 Å². The van der Waals surface area contributed by atoms with Crippen molar-refractivity contribution in [2.45, 2.75) is 59.3 Å². The summed E-state index contributed by atoms with van der Waals surface area (Å²) in [5.41, 5.74) is 0. The van der Waals surface area contributed by atoms with E-state index in [2.05, 4.69) is 20.8 Å². The molecule has 0 aromatic carbocycles. The van der Waals surface area contributed by atoms with Crippen LogP contribution in [0, 0.1) is 5.92 Å². The predicted octanol–water partition coefficient (Wildman–Crippen LogP) is 4.17. The summed E-state index contributed by atoms with van der Waals surface area (Å²) in [4.78, 5) is 0. The second kappa shape index (κ2) is 36.6. The first-order valence-corrected chi connectivity index (χ1v) is 15.6. The van der Waals surface area contributed by atoms with E-state index in [1.54, 1.807) is 0 Å². The molecule has 242 valence electrons. The van der Waals surface area contributed by atoms with Crippen molar-refractivity contribution < 1.29 is 47.4 Å². The van der Waals surface area contributed by atoms with E-state index >= 15 is 0 Å². The number of hydrogen-bond acceptors (Lipinski definition) is 10. The minimum Gasteiger partial charge on any atom is -0.379 e. The zero-order valence-corrected chi connectivity index (χ0v) is 26.0. The van der Waals surface area contributed by atoms with Gasteiger partial charge in [-0.3, -0.25) is 0 Å². The molecule has 0 rings (SSSR count). The molecule has 0 aromatic rings. The van der Waals surface area contributed by atoms with Crippen molar-refractivity contribution in [3.8, 4) is 0 Å². The van der Waals surface area contributed by atoms with Crippen LogP contribution >= 0.6 is 0 Å². The minimum absolute atomic E-state index is 0.533. The molecule has 0 N–H and O–H groups in total. The van der Waals surface area contributed by atoms with Crippen LogP contribution in [0.25, 0.3) is 0 Å². The molecule has 0 saturated carbocycles. The van der Waals surface area contributed by atoms with Gasteiger partial charge in [0.25, 0.3) is 0 Å². The number of ether oxygens (including phenoxy) is 10. The first kappa shape index (κ1) is 39.6. The fourth-order valence-electron chi connectivity index (χ4n) is 3.19. The van der Waals surface area contributed by atoms with E-state index in [9.17, 15) is 0 Å². The highest BCUT2D eigenvalue weighted by Crippen LogP contribution is 2.02. The third kappa shape index (κ3) is 35.6. The third-order valence-electron chi connectivity index (χ3n) is 5.84. The minimum atomic E-state index is 0.533. The summed E-state index contributed by atoms with van der Waals surface area (Å²) in [6.07, 6.45) is 7.44. The van der Waals surface area contributed by atoms with Gasteiger partial charge in [-0.2, -0.15) is 0 Å². The van der Waals surface area contributed by atoms with E-state index in [0.717, 1.165) is 26.1 Å². The van der Waals surface area contributed by atoms with Gasteiger partial charge in [0.1, 0.15) is 0 Å². The Morgan fingerprint density at radius 3 is 0.900 bits per heavy atom. The monoisotopic (exact) mass is 582 g/mol. The molecule has 0 aliphatic heterocycles. The van der Waals surface area contributed by atoms with Gasteiger partial charge < -0.3 is 47.4 Å². The van der Waals surface area contributed by atoms with Gasteiger partial charge in [-0.25, -0.2) is 0 Å². The lowest BCUT2D eigenvalue weighted by Gasteiger charge is -2.10. The molecule has 0 heterocycles. The molecule has 1 unspecified atom stereocenters. The van der Waals surface area contributed by atoms with E-state index < -0.39 is 0 Å². The van der Waals surface area contributed by atoms with Gasteiger partial charge in [0.15, 0.2) is 0 Å². The van der Waals surface area contributed by atoms with Crippen molar-refractivity contribution in [2.24, 2.45) is 5.92 Å². The van der Waals surface area contributed by atoms with E-state index in [1.807, 2.05) is 0 Å². The summed E-state index contributed by atoms with van der Waals surface area (Å²) in [7, 11) is 0. The van der Waals surface area contributed by atoms with Crippen LogP contribution in [0.15, 0.2) is 0 Å². The van der Waals surface area contributed by atoms with Gasteiger partial charge in [0.2, 0.25) is 0 Å². The third-order valence-corrected chi connectivity index (χ3v) is 5.84. The maximum atomic E-state index is 5.56. The molecule has 40 heavy (non-hydrogen) atoms. The van der Waals surface area contributed by atoms with Crippen LogP contribution in [-0.4, -0.2) is 132 Å². The normalized spacial score (nSPS) is 12.4. The Hall–Kier alpha value is -0.400. The van der Waals surface area contributed by atoms with Crippen LogP contribution < -0.4 is 0 Å². The standard InChI is InChI=1S/C30H62O10/c1-4-6-7-8-9-10-31-11-12-32-13-14-33-15-16-34-17-18-35-19-20-36-21-22-37-23-24-38-25-26-39-27-28-40-29-30(3)5-2/h30H,4-29H2,1-3H3. The van der Waals surface area contributed by atoms with Crippen molar-refractivity contribution in [3.63, 3.8) is 0 Å². The van der Waals surface area contributed by atoms with Crippen molar-refractivity contribution in [1.29, 1.82) is 0 Å². The fourth-order valence-corrected chi connectivity index (χ4v) is 3.19. The molecule has 0 aliphatic carbocycles. The summed E-state index contributed by atoms with van der Waals surface area (Å²) in [6.45, 7) is 18.4. The van der Waals surface area contributed by atoms with Gasteiger partial charge in [0.05, 0.1) is 119 Å². The van der Waals surface area contributed by atoms with Crippen LogP contribution in [0.1, 0.15) is 59.3 Å². The highest BCUT2D eigenvalue weighted by atomic mass is 16.6. The van der Waals surface area contributed by atoms with E-state index in [1.165, 1.54) is 25.7 Å². The molecule has 0 radical (unpaired) electrons.